The molecule has 1 rings (SSSR count). The van der Waals surface area contributed by atoms with Crippen molar-refractivity contribution < 1.29 is 5.11 Å². The number of nitrogens with one attached hydrogen (secondary N) is 1. The summed E-state index contributed by atoms with van der Waals surface area (Å²) in [5.74, 6) is 0.609. The average Bonchev–Trinajstić information content (AvgIpc) is 2.12. The lowest BCUT2D eigenvalue weighted by molar-refractivity contribution is 0.244. The van der Waals surface area contributed by atoms with Gasteiger partial charge in [0.1, 0.15) is 0 Å². The number of aliphatic hydroxyl groups is 1. The molecule has 7 heteroatoms. The minimum atomic E-state index is 0.0802. The Kier molecular flexibility index (Phi) is 3.41. The highest BCUT2D eigenvalue weighted by molar-refractivity contribution is 5.36. The van der Waals surface area contributed by atoms with Crippen LogP contribution in [0.25, 0.3) is 0 Å². The van der Waals surface area contributed by atoms with Gasteiger partial charge in [-0.2, -0.15) is 15.0 Å². The zero-order valence-corrected chi connectivity index (χ0v) is 7.94. The summed E-state index contributed by atoms with van der Waals surface area (Å²) in [6.07, 6.45) is 0. The van der Waals surface area contributed by atoms with Gasteiger partial charge in [0.25, 0.3) is 0 Å². The van der Waals surface area contributed by atoms with Crippen LogP contribution in [0.3, 0.4) is 0 Å². The molecule has 0 radical (unpaired) electrons. The van der Waals surface area contributed by atoms with Crippen LogP contribution in [0.5, 0.6) is 0 Å². The van der Waals surface area contributed by atoms with Crippen LogP contribution in [0, 0.1) is 5.92 Å². The number of hydrogen-bond acceptors (Lipinski definition) is 7. The first kappa shape index (κ1) is 10.5. The Morgan fingerprint density at radius 1 is 1.29 bits per heavy atom. The minimum Gasteiger partial charge on any atom is -0.396 e. The van der Waals surface area contributed by atoms with Crippen molar-refractivity contribution in [1.82, 2.24) is 15.0 Å². The van der Waals surface area contributed by atoms with E-state index in [0.717, 1.165) is 0 Å². The van der Waals surface area contributed by atoms with Crippen molar-refractivity contribution in [3.63, 3.8) is 0 Å². The summed E-state index contributed by atoms with van der Waals surface area (Å²) in [5.41, 5.74) is 10.7. The normalized spacial score (nSPS) is 12.4. The maximum Gasteiger partial charge on any atom is 0.229 e. The molecule has 0 aliphatic heterocycles. The second-order valence-electron chi connectivity index (χ2n) is 3.04. The lowest BCUT2D eigenvalue weighted by Gasteiger charge is -2.09. The summed E-state index contributed by atoms with van der Waals surface area (Å²) >= 11 is 0. The fourth-order valence-electron chi connectivity index (χ4n) is 0.818. The fraction of sp³-hybridized carbons (Fsp3) is 0.571. The zero-order valence-electron chi connectivity index (χ0n) is 7.94. The number of nitrogens with two attached hydrogens (primary N) is 2. The molecule has 78 valence electrons. The summed E-state index contributed by atoms with van der Waals surface area (Å²) in [6, 6.07) is 0. The van der Waals surface area contributed by atoms with Gasteiger partial charge in [-0.05, 0) is 5.92 Å². The minimum absolute atomic E-state index is 0.0802. The zero-order chi connectivity index (χ0) is 10.6. The van der Waals surface area contributed by atoms with E-state index in [1.807, 2.05) is 6.92 Å². The molecule has 0 bridgehead atoms. The molecule has 6 N–H and O–H groups in total. The molecule has 1 aromatic heterocycles. The van der Waals surface area contributed by atoms with Crippen molar-refractivity contribution in [2.24, 2.45) is 5.92 Å². The highest BCUT2D eigenvalue weighted by Crippen LogP contribution is 2.04. The van der Waals surface area contributed by atoms with E-state index >= 15 is 0 Å². The van der Waals surface area contributed by atoms with Gasteiger partial charge >= 0.3 is 0 Å². The van der Waals surface area contributed by atoms with Gasteiger partial charge in [0, 0.05) is 13.2 Å². The molecule has 0 saturated carbocycles. The van der Waals surface area contributed by atoms with E-state index < -0.39 is 0 Å². The molecule has 0 fully saturated rings. The molecule has 1 atom stereocenters. The van der Waals surface area contributed by atoms with Crippen LogP contribution in [0.15, 0.2) is 0 Å². The van der Waals surface area contributed by atoms with Gasteiger partial charge in [-0.25, -0.2) is 0 Å². The molecule has 1 unspecified atom stereocenters. The SMILES string of the molecule is CC(CO)CNc1nc(N)nc(N)n1. The van der Waals surface area contributed by atoms with Gasteiger partial charge in [0.2, 0.25) is 17.8 Å². The van der Waals surface area contributed by atoms with Crippen molar-refractivity contribution in [3.05, 3.63) is 0 Å². The number of nitrogen functional groups attached to an aromatic ring is 2. The largest absolute Gasteiger partial charge is 0.396 e. The average molecular weight is 198 g/mol. The second-order valence-corrected chi connectivity index (χ2v) is 3.04. The Morgan fingerprint density at radius 2 is 1.86 bits per heavy atom. The van der Waals surface area contributed by atoms with Crippen molar-refractivity contribution in [3.8, 4) is 0 Å². The van der Waals surface area contributed by atoms with E-state index in [1.54, 1.807) is 0 Å². The summed E-state index contributed by atoms with van der Waals surface area (Å²) in [7, 11) is 0. The Balaban J connectivity index is 2.58. The molecular formula is C7H14N6O. The van der Waals surface area contributed by atoms with Gasteiger partial charge in [0.15, 0.2) is 0 Å². The molecule has 7 nitrogen and oxygen atoms in total. The smallest absolute Gasteiger partial charge is 0.229 e. The Morgan fingerprint density at radius 3 is 2.36 bits per heavy atom. The summed E-state index contributed by atoms with van der Waals surface area (Å²) in [4.78, 5) is 11.3. The highest BCUT2D eigenvalue weighted by atomic mass is 16.3. The molecule has 0 spiro atoms. The quantitative estimate of drug-likeness (QED) is 0.493. The third-order valence-electron chi connectivity index (χ3n) is 1.59. The van der Waals surface area contributed by atoms with Crippen LogP contribution in [0.1, 0.15) is 6.92 Å². The van der Waals surface area contributed by atoms with Gasteiger partial charge < -0.3 is 21.9 Å². The Bertz CT molecular complexity index is 284. The van der Waals surface area contributed by atoms with E-state index in [2.05, 4.69) is 20.3 Å². The standard InChI is InChI=1S/C7H14N6O/c1-4(3-14)2-10-7-12-5(8)11-6(9)13-7/h4,14H,2-3H2,1H3,(H5,8,9,10,11,12,13). The lowest BCUT2D eigenvalue weighted by atomic mass is 10.2. The van der Waals surface area contributed by atoms with Crippen LogP contribution >= 0.6 is 0 Å². The van der Waals surface area contributed by atoms with E-state index in [9.17, 15) is 0 Å². The number of nitrogens with zero attached hydrogens (tertiary/aromatic N) is 3. The maximum atomic E-state index is 8.78. The van der Waals surface area contributed by atoms with Crippen LogP contribution in [-0.2, 0) is 0 Å². The Hall–Kier alpha value is -1.63. The number of rotatable bonds is 4. The van der Waals surface area contributed by atoms with Crippen molar-refractivity contribution in [1.29, 1.82) is 0 Å². The molecule has 0 amide bonds. The molecule has 0 aliphatic rings. The molecular weight excluding hydrogens is 184 g/mol. The molecule has 0 aromatic carbocycles. The number of aromatic nitrogens is 3. The summed E-state index contributed by atoms with van der Waals surface area (Å²) in [5, 5.41) is 11.7. The predicted molar refractivity (Wildman–Crippen MR) is 53.4 cm³/mol. The van der Waals surface area contributed by atoms with Gasteiger partial charge in [0.05, 0.1) is 0 Å². The first-order valence-electron chi connectivity index (χ1n) is 4.23. The third-order valence-corrected chi connectivity index (χ3v) is 1.59. The topological polar surface area (TPSA) is 123 Å². The van der Waals surface area contributed by atoms with Crippen LogP contribution < -0.4 is 16.8 Å². The van der Waals surface area contributed by atoms with Crippen LogP contribution in [0.2, 0.25) is 0 Å². The van der Waals surface area contributed by atoms with Crippen LogP contribution in [0.4, 0.5) is 17.8 Å². The van der Waals surface area contributed by atoms with Gasteiger partial charge in [-0.3, -0.25) is 0 Å². The summed E-state index contributed by atoms with van der Waals surface area (Å²) in [6.45, 7) is 2.54. The monoisotopic (exact) mass is 198 g/mol. The molecule has 0 aliphatic carbocycles. The van der Waals surface area contributed by atoms with Crippen molar-refractivity contribution in [2.75, 3.05) is 29.9 Å². The van der Waals surface area contributed by atoms with Crippen molar-refractivity contribution >= 4 is 17.8 Å². The van der Waals surface area contributed by atoms with Crippen molar-refractivity contribution in [2.45, 2.75) is 6.92 Å². The van der Waals surface area contributed by atoms with E-state index in [0.29, 0.717) is 12.5 Å². The first-order chi connectivity index (χ1) is 6.61. The first-order valence-corrected chi connectivity index (χ1v) is 4.23. The molecule has 0 saturated heterocycles. The fourth-order valence-corrected chi connectivity index (χ4v) is 0.818. The predicted octanol–water partition coefficient (Wildman–Crippen LogP) is -0.924. The molecule has 14 heavy (non-hydrogen) atoms. The highest BCUT2D eigenvalue weighted by Gasteiger charge is 2.03. The number of hydrogen-bond donors (Lipinski definition) is 4. The van der Waals surface area contributed by atoms with E-state index in [-0.39, 0.29) is 24.4 Å². The van der Waals surface area contributed by atoms with Gasteiger partial charge in [-0.15, -0.1) is 0 Å². The second kappa shape index (κ2) is 4.56. The Labute approximate surface area is 81.6 Å². The third kappa shape index (κ3) is 3.02. The van der Waals surface area contributed by atoms with Crippen LogP contribution in [-0.4, -0.2) is 33.2 Å². The number of anilines is 3. The van der Waals surface area contributed by atoms with Gasteiger partial charge in [-0.1, -0.05) is 6.92 Å². The number of aliphatic hydroxyl groups excluding tert-OH is 1. The molecule has 1 aromatic rings. The maximum absolute atomic E-state index is 8.78. The summed E-state index contributed by atoms with van der Waals surface area (Å²) < 4.78 is 0. The lowest BCUT2D eigenvalue weighted by Crippen LogP contribution is -2.17. The van der Waals surface area contributed by atoms with E-state index in [4.69, 9.17) is 16.6 Å². The van der Waals surface area contributed by atoms with E-state index in [1.165, 1.54) is 0 Å². The molecule has 1 heterocycles.